The lowest BCUT2D eigenvalue weighted by Crippen LogP contribution is -2.37. The Morgan fingerprint density at radius 1 is 1.03 bits per heavy atom. The molecule has 0 aliphatic carbocycles. The summed E-state index contributed by atoms with van der Waals surface area (Å²) in [6, 6.07) is 10.4. The first kappa shape index (κ1) is 21.5. The highest BCUT2D eigenvalue weighted by molar-refractivity contribution is 6.30. The minimum atomic E-state index is -1.07. The zero-order valence-corrected chi connectivity index (χ0v) is 17.5. The second-order valence-corrected chi connectivity index (χ2v) is 7.48. The van der Waals surface area contributed by atoms with Crippen molar-refractivity contribution in [2.45, 2.75) is 39.3 Å². The summed E-state index contributed by atoms with van der Waals surface area (Å²) in [5, 5.41) is 3.16. The third kappa shape index (κ3) is 4.21. The third-order valence-electron chi connectivity index (χ3n) is 4.95. The fourth-order valence-electron chi connectivity index (χ4n) is 3.03. The van der Waals surface area contributed by atoms with E-state index in [1.165, 1.54) is 30.0 Å². The number of rotatable bonds is 6. The van der Waals surface area contributed by atoms with Crippen molar-refractivity contribution in [1.82, 2.24) is 4.90 Å². The van der Waals surface area contributed by atoms with E-state index in [2.05, 4.69) is 5.32 Å². The van der Waals surface area contributed by atoms with Crippen LogP contribution in [0.25, 0.3) is 0 Å². The predicted molar refractivity (Wildman–Crippen MR) is 112 cm³/mol. The quantitative estimate of drug-likeness (QED) is 0.556. The highest BCUT2D eigenvalue weighted by Crippen LogP contribution is 2.27. The van der Waals surface area contributed by atoms with Gasteiger partial charge in [-0.15, -0.1) is 0 Å². The molecule has 1 aliphatic heterocycles. The van der Waals surface area contributed by atoms with Gasteiger partial charge in [-0.1, -0.05) is 18.5 Å². The molecule has 0 spiro atoms. The second-order valence-electron chi connectivity index (χ2n) is 7.04. The highest BCUT2D eigenvalue weighted by Gasteiger charge is 2.38. The normalized spacial score (nSPS) is 14.9. The van der Waals surface area contributed by atoms with E-state index in [-0.39, 0.29) is 28.6 Å². The molecule has 156 valence electrons. The number of halogens is 1. The zero-order valence-electron chi connectivity index (χ0n) is 16.8. The Labute approximate surface area is 179 Å². The molecule has 0 fully saturated rings. The first-order valence-corrected chi connectivity index (χ1v) is 9.90. The van der Waals surface area contributed by atoms with E-state index in [0.717, 1.165) is 0 Å². The molecule has 0 radical (unpaired) electrons. The van der Waals surface area contributed by atoms with Crippen LogP contribution in [0.4, 0.5) is 5.69 Å². The third-order valence-corrected chi connectivity index (χ3v) is 5.20. The summed E-state index contributed by atoms with van der Waals surface area (Å²) in [5.41, 5.74) is 1.02. The Bertz CT molecular complexity index is 1020. The predicted octanol–water partition coefficient (Wildman–Crippen LogP) is 3.92. The molecule has 30 heavy (non-hydrogen) atoms. The SMILES string of the molecule is CCC(C)N1C(=O)c2ccc(C(=O)OC(C)C(=O)Nc3ccc(Cl)cc3)cc2C1=O. The number of carbonyl (C=O) groups excluding carboxylic acids is 4. The van der Waals surface area contributed by atoms with Gasteiger partial charge < -0.3 is 10.1 Å². The summed E-state index contributed by atoms with van der Waals surface area (Å²) >= 11 is 5.81. The van der Waals surface area contributed by atoms with Gasteiger partial charge in [0.2, 0.25) is 0 Å². The number of amides is 3. The fourth-order valence-corrected chi connectivity index (χ4v) is 3.15. The van der Waals surface area contributed by atoms with Gasteiger partial charge in [-0.3, -0.25) is 19.3 Å². The fraction of sp³-hybridized carbons (Fsp3) is 0.273. The van der Waals surface area contributed by atoms with Crippen molar-refractivity contribution in [3.8, 4) is 0 Å². The molecule has 1 heterocycles. The minimum absolute atomic E-state index is 0.0899. The van der Waals surface area contributed by atoms with Gasteiger partial charge in [-0.05, 0) is 62.7 Å². The van der Waals surface area contributed by atoms with Gasteiger partial charge in [0.1, 0.15) is 0 Å². The molecular weight excluding hydrogens is 408 g/mol. The maximum absolute atomic E-state index is 12.6. The van der Waals surface area contributed by atoms with Crippen LogP contribution in [0.15, 0.2) is 42.5 Å². The Morgan fingerprint density at radius 2 is 1.67 bits per heavy atom. The van der Waals surface area contributed by atoms with E-state index in [4.69, 9.17) is 16.3 Å². The molecule has 2 aromatic carbocycles. The number of imide groups is 1. The Balaban J connectivity index is 1.70. The zero-order chi connectivity index (χ0) is 22.0. The molecule has 0 aromatic heterocycles. The van der Waals surface area contributed by atoms with Crippen molar-refractivity contribution in [1.29, 1.82) is 0 Å². The van der Waals surface area contributed by atoms with Crippen LogP contribution >= 0.6 is 11.6 Å². The first-order chi connectivity index (χ1) is 14.2. The van der Waals surface area contributed by atoms with Crippen LogP contribution in [0.1, 0.15) is 58.3 Å². The van der Waals surface area contributed by atoms with Crippen LogP contribution in [0.2, 0.25) is 5.02 Å². The topological polar surface area (TPSA) is 92.8 Å². The first-order valence-electron chi connectivity index (χ1n) is 9.52. The van der Waals surface area contributed by atoms with Crippen molar-refractivity contribution in [3.05, 3.63) is 64.2 Å². The maximum atomic E-state index is 12.6. The molecule has 3 rings (SSSR count). The van der Waals surface area contributed by atoms with Crippen LogP contribution in [-0.2, 0) is 9.53 Å². The van der Waals surface area contributed by atoms with Gasteiger partial charge in [0, 0.05) is 16.8 Å². The van der Waals surface area contributed by atoms with E-state index >= 15 is 0 Å². The molecule has 0 saturated carbocycles. The molecule has 1 aliphatic rings. The monoisotopic (exact) mass is 428 g/mol. The van der Waals surface area contributed by atoms with Gasteiger partial charge in [-0.25, -0.2) is 4.79 Å². The van der Waals surface area contributed by atoms with Gasteiger partial charge in [-0.2, -0.15) is 0 Å². The number of nitrogens with zero attached hydrogens (tertiary/aromatic N) is 1. The van der Waals surface area contributed by atoms with Gasteiger partial charge >= 0.3 is 5.97 Å². The largest absolute Gasteiger partial charge is 0.449 e. The highest BCUT2D eigenvalue weighted by atomic mass is 35.5. The average molecular weight is 429 g/mol. The molecule has 3 amide bonds. The molecule has 8 heteroatoms. The summed E-state index contributed by atoms with van der Waals surface area (Å²) in [5.74, 6) is -2.09. The lowest BCUT2D eigenvalue weighted by molar-refractivity contribution is -0.123. The number of esters is 1. The Hall–Kier alpha value is -3.19. The summed E-state index contributed by atoms with van der Waals surface area (Å²) < 4.78 is 5.22. The average Bonchev–Trinajstić information content (AvgIpc) is 2.98. The molecule has 2 unspecified atom stereocenters. The summed E-state index contributed by atoms with van der Waals surface area (Å²) in [7, 11) is 0. The van der Waals surface area contributed by atoms with Crippen molar-refractivity contribution in [2.75, 3.05) is 5.32 Å². The van der Waals surface area contributed by atoms with Crippen LogP contribution in [0.3, 0.4) is 0 Å². The van der Waals surface area contributed by atoms with E-state index in [1.54, 1.807) is 31.2 Å². The summed E-state index contributed by atoms with van der Waals surface area (Å²) in [4.78, 5) is 51.1. The molecule has 2 aromatic rings. The van der Waals surface area contributed by atoms with Crippen LogP contribution in [-0.4, -0.2) is 40.7 Å². The smallest absolute Gasteiger partial charge is 0.338 e. The number of benzene rings is 2. The Morgan fingerprint density at radius 3 is 2.30 bits per heavy atom. The molecule has 2 atom stereocenters. The number of hydrogen-bond acceptors (Lipinski definition) is 5. The van der Waals surface area contributed by atoms with Gasteiger partial charge in [0.25, 0.3) is 17.7 Å². The summed E-state index contributed by atoms with van der Waals surface area (Å²) in [6.45, 7) is 5.11. The van der Waals surface area contributed by atoms with E-state index in [1.807, 2.05) is 6.92 Å². The van der Waals surface area contributed by atoms with Crippen LogP contribution in [0, 0.1) is 0 Å². The molecular formula is C22H21ClN2O5. The number of ether oxygens (including phenoxy) is 1. The molecule has 7 nitrogen and oxygen atoms in total. The number of hydrogen-bond donors (Lipinski definition) is 1. The van der Waals surface area contributed by atoms with Crippen molar-refractivity contribution in [3.63, 3.8) is 0 Å². The number of anilines is 1. The number of carbonyl (C=O) groups is 4. The lowest BCUT2D eigenvalue weighted by Gasteiger charge is -2.20. The number of fused-ring (bicyclic) bond motifs is 1. The second kappa shape index (κ2) is 8.67. The standard InChI is InChI=1S/C22H21ClN2O5/c1-4-12(2)25-20(27)17-10-5-14(11-18(17)21(25)28)22(29)30-13(3)19(26)24-16-8-6-15(23)7-9-16/h5-13H,4H2,1-3H3,(H,24,26). The minimum Gasteiger partial charge on any atom is -0.449 e. The van der Waals surface area contributed by atoms with Gasteiger partial charge in [0.15, 0.2) is 6.10 Å². The lowest BCUT2D eigenvalue weighted by atomic mass is 10.1. The van der Waals surface area contributed by atoms with Crippen molar-refractivity contribution >= 4 is 41.0 Å². The maximum Gasteiger partial charge on any atom is 0.338 e. The van der Waals surface area contributed by atoms with E-state index < -0.39 is 23.9 Å². The van der Waals surface area contributed by atoms with Crippen LogP contribution in [0.5, 0.6) is 0 Å². The summed E-state index contributed by atoms with van der Waals surface area (Å²) in [6.07, 6.45) is -0.448. The van der Waals surface area contributed by atoms with E-state index in [9.17, 15) is 19.2 Å². The van der Waals surface area contributed by atoms with E-state index in [0.29, 0.717) is 17.1 Å². The molecule has 0 saturated heterocycles. The van der Waals surface area contributed by atoms with Crippen LogP contribution < -0.4 is 5.32 Å². The Kier molecular flexibility index (Phi) is 6.22. The molecule has 0 bridgehead atoms. The van der Waals surface area contributed by atoms with Gasteiger partial charge in [0.05, 0.1) is 16.7 Å². The van der Waals surface area contributed by atoms with Crippen molar-refractivity contribution in [2.24, 2.45) is 0 Å². The van der Waals surface area contributed by atoms with Crippen molar-refractivity contribution < 1.29 is 23.9 Å². The number of nitrogens with one attached hydrogen (secondary N) is 1. The molecule has 1 N–H and O–H groups in total.